The van der Waals surface area contributed by atoms with Crippen molar-refractivity contribution in [1.29, 1.82) is 0 Å². The van der Waals surface area contributed by atoms with Gasteiger partial charge in [-0.1, -0.05) is 6.58 Å². The highest BCUT2D eigenvalue weighted by Gasteiger charge is 2.17. The molecule has 0 aromatic rings. The minimum Gasteiger partial charge on any atom is -0.468 e. The first kappa shape index (κ1) is 11.1. The fourth-order valence-corrected chi connectivity index (χ4v) is 1.20. The molecule has 70 valence electrons. The van der Waals surface area contributed by atoms with Gasteiger partial charge in [0.1, 0.15) is 6.04 Å². The van der Waals surface area contributed by atoms with Gasteiger partial charge in [-0.15, -0.1) is 0 Å². The van der Waals surface area contributed by atoms with Crippen molar-refractivity contribution in [3.8, 4) is 0 Å². The van der Waals surface area contributed by atoms with E-state index in [4.69, 9.17) is 0 Å². The molecule has 5 nitrogen and oxygen atoms in total. The van der Waals surface area contributed by atoms with Crippen LogP contribution in [0.5, 0.6) is 0 Å². The number of esters is 1. The Hall–Kier alpha value is -0.880. The molecule has 0 aliphatic heterocycles. The van der Waals surface area contributed by atoms with Crippen molar-refractivity contribution in [2.75, 3.05) is 7.11 Å². The number of sulfonamides is 1. The second-order valence-electron chi connectivity index (χ2n) is 2.07. The van der Waals surface area contributed by atoms with Crippen LogP contribution in [0.3, 0.4) is 0 Å². The number of methoxy groups -OCH3 is 1. The smallest absolute Gasteiger partial charge is 0.323 e. The zero-order chi connectivity index (χ0) is 9.78. The standard InChI is InChI=1S/C6H11NO4S/c1-4-12(9,10)7-5(2)6(8)11-3/h4-5,7H,1H2,2-3H3/t5-/m0/s1. The monoisotopic (exact) mass is 193 g/mol. The minimum absolute atomic E-state index is 0.638. The Morgan fingerprint density at radius 1 is 1.67 bits per heavy atom. The van der Waals surface area contributed by atoms with E-state index >= 15 is 0 Å². The van der Waals surface area contributed by atoms with Gasteiger partial charge in [-0.05, 0) is 6.92 Å². The summed E-state index contributed by atoms with van der Waals surface area (Å²) in [7, 11) is -2.38. The highest BCUT2D eigenvalue weighted by molar-refractivity contribution is 7.92. The first-order valence-corrected chi connectivity index (χ1v) is 4.70. The van der Waals surface area contributed by atoms with Crippen LogP contribution >= 0.6 is 0 Å². The molecule has 0 bridgehead atoms. The van der Waals surface area contributed by atoms with Crippen LogP contribution in [0.2, 0.25) is 0 Å². The quantitative estimate of drug-likeness (QED) is 0.617. The predicted octanol–water partition coefficient (Wildman–Crippen LogP) is -0.389. The average Bonchev–Trinajstić information content (AvgIpc) is 2.02. The molecule has 0 spiro atoms. The van der Waals surface area contributed by atoms with Gasteiger partial charge in [-0.3, -0.25) is 4.79 Å². The van der Waals surface area contributed by atoms with Gasteiger partial charge in [-0.2, -0.15) is 4.72 Å². The van der Waals surface area contributed by atoms with Gasteiger partial charge in [0, 0.05) is 5.41 Å². The van der Waals surface area contributed by atoms with Crippen LogP contribution in [-0.4, -0.2) is 27.5 Å². The highest BCUT2D eigenvalue weighted by atomic mass is 32.2. The van der Waals surface area contributed by atoms with Gasteiger partial charge in [0.15, 0.2) is 0 Å². The molecule has 0 saturated heterocycles. The first-order valence-electron chi connectivity index (χ1n) is 3.15. The molecule has 0 radical (unpaired) electrons. The van der Waals surface area contributed by atoms with Gasteiger partial charge in [-0.25, -0.2) is 8.42 Å². The van der Waals surface area contributed by atoms with E-state index in [2.05, 4.69) is 11.3 Å². The molecular weight excluding hydrogens is 182 g/mol. The zero-order valence-corrected chi connectivity index (χ0v) is 7.72. The highest BCUT2D eigenvalue weighted by Crippen LogP contribution is 1.91. The number of hydrogen-bond donors (Lipinski definition) is 1. The Bertz CT molecular complexity index is 269. The predicted molar refractivity (Wildman–Crippen MR) is 43.7 cm³/mol. The molecule has 0 aliphatic carbocycles. The lowest BCUT2D eigenvalue weighted by Gasteiger charge is -2.08. The third-order valence-electron chi connectivity index (χ3n) is 1.12. The first-order chi connectivity index (χ1) is 5.43. The van der Waals surface area contributed by atoms with Gasteiger partial charge >= 0.3 is 5.97 Å². The molecule has 6 heteroatoms. The SMILES string of the molecule is C=CS(=O)(=O)N[C@@H](C)C(=O)OC. The van der Waals surface area contributed by atoms with Crippen molar-refractivity contribution in [3.05, 3.63) is 12.0 Å². The molecule has 1 N–H and O–H groups in total. The summed E-state index contributed by atoms with van der Waals surface area (Å²) in [5.41, 5.74) is 0. The Balaban J connectivity index is 4.28. The van der Waals surface area contributed by atoms with E-state index in [-0.39, 0.29) is 0 Å². The Kier molecular flexibility index (Phi) is 3.91. The third kappa shape index (κ3) is 3.49. The normalized spacial score (nSPS) is 13.5. The van der Waals surface area contributed by atoms with E-state index in [9.17, 15) is 13.2 Å². The molecule has 0 rings (SSSR count). The maximum absolute atomic E-state index is 10.8. The van der Waals surface area contributed by atoms with E-state index in [1.807, 2.05) is 4.72 Å². The van der Waals surface area contributed by atoms with E-state index in [1.54, 1.807) is 0 Å². The molecular formula is C6H11NO4S. The lowest BCUT2D eigenvalue weighted by atomic mass is 10.4. The number of hydrogen-bond acceptors (Lipinski definition) is 4. The second kappa shape index (κ2) is 4.22. The minimum atomic E-state index is -3.56. The summed E-state index contributed by atoms with van der Waals surface area (Å²) in [6.45, 7) is 4.45. The van der Waals surface area contributed by atoms with Crippen molar-refractivity contribution in [2.45, 2.75) is 13.0 Å². The summed E-state index contributed by atoms with van der Waals surface area (Å²) in [5, 5.41) is 0.729. The van der Waals surface area contributed by atoms with E-state index in [1.165, 1.54) is 14.0 Å². The summed E-state index contributed by atoms with van der Waals surface area (Å²) >= 11 is 0. The topological polar surface area (TPSA) is 72.5 Å². The van der Waals surface area contributed by atoms with Crippen LogP contribution in [0.4, 0.5) is 0 Å². The fraction of sp³-hybridized carbons (Fsp3) is 0.500. The lowest BCUT2D eigenvalue weighted by molar-refractivity contribution is -0.142. The van der Waals surface area contributed by atoms with Crippen molar-refractivity contribution >= 4 is 16.0 Å². The second-order valence-corrected chi connectivity index (χ2v) is 3.73. The molecule has 1 atom stereocenters. The van der Waals surface area contributed by atoms with Gasteiger partial charge in [0.25, 0.3) is 0 Å². The van der Waals surface area contributed by atoms with Crippen molar-refractivity contribution in [3.63, 3.8) is 0 Å². The maximum atomic E-state index is 10.8. The van der Waals surface area contributed by atoms with Crippen LogP contribution < -0.4 is 4.72 Å². The number of carbonyl (C=O) groups excluding carboxylic acids is 1. The van der Waals surface area contributed by atoms with Crippen molar-refractivity contribution in [1.82, 2.24) is 4.72 Å². The van der Waals surface area contributed by atoms with Crippen LogP contribution in [0.25, 0.3) is 0 Å². The fourth-order valence-electron chi connectivity index (χ4n) is 0.519. The third-order valence-corrected chi connectivity index (χ3v) is 2.24. The molecule has 0 fully saturated rings. The van der Waals surface area contributed by atoms with E-state index < -0.39 is 22.0 Å². The molecule has 0 heterocycles. The van der Waals surface area contributed by atoms with E-state index in [0.29, 0.717) is 0 Å². The Morgan fingerprint density at radius 2 is 2.17 bits per heavy atom. The summed E-state index contributed by atoms with van der Waals surface area (Å²) in [5.74, 6) is -0.638. The number of ether oxygens (including phenoxy) is 1. The van der Waals surface area contributed by atoms with Crippen molar-refractivity contribution in [2.24, 2.45) is 0 Å². The lowest BCUT2D eigenvalue weighted by Crippen LogP contribution is -2.37. The van der Waals surface area contributed by atoms with Gasteiger partial charge < -0.3 is 4.74 Å². The molecule has 0 aliphatic rings. The maximum Gasteiger partial charge on any atom is 0.323 e. The molecule has 0 aromatic carbocycles. The van der Waals surface area contributed by atoms with Crippen LogP contribution in [0.15, 0.2) is 12.0 Å². The number of carbonyl (C=O) groups is 1. The molecule has 0 saturated carbocycles. The molecule has 0 aromatic heterocycles. The van der Waals surface area contributed by atoms with Gasteiger partial charge in [0.05, 0.1) is 7.11 Å². The summed E-state index contributed by atoms with van der Waals surface area (Å²) < 4.78 is 27.9. The average molecular weight is 193 g/mol. The van der Waals surface area contributed by atoms with Crippen LogP contribution in [0.1, 0.15) is 6.92 Å². The van der Waals surface area contributed by atoms with Crippen LogP contribution in [-0.2, 0) is 19.6 Å². The summed E-state index contributed by atoms with van der Waals surface area (Å²) in [4.78, 5) is 10.7. The van der Waals surface area contributed by atoms with Gasteiger partial charge in [0.2, 0.25) is 10.0 Å². The van der Waals surface area contributed by atoms with Crippen LogP contribution in [0, 0.1) is 0 Å². The molecule has 0 amide bonds. The molecule has 12 heavy (non-hydrogen) atoms. The summed E-state index contributed by atoms with van der Waals surface area (Å²) in [6, 6.07) is -0.891. The molecule has 0 unspecified atom stereocenters. The Morgan fingerprint density at radius 3 is 2.50 bits per heavy atom. The number of rotatable bonds is 4. The Labute approximate surface area is 71.5 Å². The largest absolute Gasteiger partial charge is 0.468 e. The number of nitrogens with one attached hydrogen (secondary N) is 1. The summed E-state index contributed by atoms with van der Waals surface area (Å²) in [6.07, 6.45) is 0. The van der Waals surface area contributed by atoms with Crippen molar-refractivity contribution < 1.29 is 17.9 Å². The zero-order valence-electron chi connectivity index (χ0n) is 6.90. The van der Waals surface area contributed by atoms with E-state index in [0.717, 1.165) is 5.41 Å².